The van der Waals surface area contributed by atoms with Crippen LogP contribution in [0.2, 0.25) is 0 Å². The Morgan fingerprint density at radius 3 is 2.26 bits per heavy atom. The van der Waals surface area contributed by atoms with Crippen molar-refractivity contribution < 1.29 is 31.4 Å². The van der Waals surface area contributed by atoms with Crippen LogP contribution in [0.4, 0.5) is 43.9 Å². The van der Waals surface area contributed by atoms with Gasteiger partial charge in [-0.25, -0.2) is 4.98 Å². The molecule has 0 aromatic carbocycles. The molecule has 8 nitrogen and oxygen atoms in total. The molecule has 1 atom stereocenters. The molecule has 1 aliphatic heterocycles. The smallest absolute Gasteiger partial charge is 0.388 e. The lowest BCUT2D eigenvalue weighted by Gasteiger charge is -2.47. The highest BCUT2D eigenvalue weighted by Gasteiger charge is 2.41. The van der Waals surface area contributed by atoms with Crippen LogP contribution in [0.25, 0.3) is 11.5 Å². The number of aliphatic hydroxyl groups is 1. The Labute approximate surface area is 195 Å². The van der Waals surface area contributed by atoms with Gasteiger partial charge in [0.05, 0.1) is 11.6 Å². The normalized spacial score (nSPS) is 16.7. The largest absolute Gasteiger partial charge is 0.433 e. The zero-order valence-electron chi connectivity index (χ0n) is 18.4. The number of halogens is 6. The molecule has 0 radical (unpaired) electrons. The lowest BCUT2D eigenvalue weighted by Crippen LogP contribution is -2.59. The molecule has 2 N–H and O–H groups in total. The van der Waals surface area contributed by atoms with Crippen LogP contribution in [-0.4, -0.2) is 48.2 Å². The number of alkyl halides is 6. The van der Waals surface area contributed by atoms with Gasteiger partial charge in [0.15, 0.2) is 5.82 Å². The molecule has 4 heterocycles. The predicted molar refractivity (Wildman–Crippen MR) is 113 cm³/mol. The second kappa shape index (κ2) is 8.59. The van der Waals surface area contributed by atoms with Crippen LogP contribution in [0.5, 0.6) is 0 Å². The number of nitrogens with one attached hydrogen (secondary N) is 1. The first-order chi connectivity index (χ1) is 16.2. The van der Waals surface area contributed by atoms with Crippen molar-refractivity contribution in [2.45, 2.75) is 44.3 Å². The van der Waals surface area contributed by atoms with E-state index in [1.807, 2.05) is 0 Å². The number of rotatable bonds is 5. The van der Waals surface area contributed by atoms with Crippen LogP contribution in [0.15, 0.2) is 36.5 Å². The zero-order chi connectivity index (χ0) is 25.6. The molecule has 0 amide bonds. The highest BCUT2D eigenvalue weighted by Crippen LogP contribution is 2.34. The lowest BCUT2D eigenvalue weighted by molar-refractivity contribution is -0.141. The molecule has 1 aliphatic rings. The van der Waals surface area contributed by atoms with Crippen molar-refractivity contribution in [2.24, 2.45) is 0 Å². The quantitative estimate of drug-likeness (QED) is 0.497. The summed E-state index contributed by atoms with van der Waals surface area (Å²) < 4.78 is 78.7. The number of anilines is 3. The summed E-state index contributed by atoms with van der Waals surface area (Å²) in [4.78, 5) is 21.1. The minimum atomic E-state index is -4.71. The highest BCUT2D eigenvalue weighted by atomic mass is 19.4. The van der Waals surface area contributed by atoms with Crippen molar-refractivity contribution in [2.75, 3.05) is 16.8 Å². The first-order valence-electron chi connectivity index (χ1n) is 10.3. The molecule has 186 valence electrons. The van der Waals surface area contributed by atoms with Crippen molar-refractivity contribution in [3.05, 3.63) is 47.9 Å². The van der Waals surface area contributed by atoms with E-state index < -0.39 is 35.4 Å². The fourth-order valence-corrected chi connectivity index (χ4v) is 3.53. The van der Waals surface area contributed by atoms with Gasteiger partial charge in [0, 0.05) is 18.4 Å². The van der Waals surface area contributed by atoms with Crippen LogP contribution in [-0.2, 0) is 12.4 Å². The lowest BCUT2D eigenvalue weighted by atomic mass is 9.88. The third-order valence-electron chi connectivity index (χ3n) is 5.29. The fourth-order valence-electron chi connectivity index (χ4n) is 3.53. The van der Waals surface area contributed by atoms with Crippen LogP contribution in [0, 0.1) is 0 Å². The van der Waals surface area contributed by atoms with Gasteiger partial charge in [-0.3, -0.25) is 4.98 Å². The Morgan fingerprint density at radius 1 is 0.943 bits per heavy atom. The van der Waals surface area contributed by atoms with Gasteiger partial charge in [-0.2, -0.15) is 41.3 Å². The van der Waals surface area contributed by atoms with Gasteiger partial charge in [-0.05, 0) is 44.5 Å². The van der Waals surface area contributed by atoms with Crippen molar-refractivity contribution in [3.63, 3.8) is 0 Å². The molecule has 0 saturated carbocycles. The van der Waals surface area contributed by atoms with Crippen LogP contribution >= 0.6 is 0 Å². The zero-order valence-corrected chi connectivity index (χ0v) is 18.4. The van der Waals surface area contributed by atoms with E-state index >= 15 is 0 Å². The predicted octanol–water partition coefficient (Wildman–Crippen LogP) is 4.46. The van der Waals surface area contributed by atoms with Gasteiger partial charge in [0.25, 0.3) is 0 Å². The molecular weight excluding hydrogens is 480 g/mol. The van der Waals surface area contributed by atoms with E-state index in [0.717, 1.165) is 24.4 Å². The first kappa shape index (κ1) is 24.6. The molecule has 1 saturated heterocycles. The minimum absolute atomic E-state index is 0.0280. The Bertz CT molecular complexity index is 1230. The first-order valence-corrected chi connectivity index (χ1v) is 10.3. The molecule has 0 bridgehead atoms. The average Bonchev–Trinajstić information content (AvgIpc) is 2.70. The summed E-state index contributed by atoms with van der Waals surface area (Å²) >= 11 is 0. The van der Waals surface area contributed by atoms with E-state index in [2.05, 4.69) is 30.2 Å². The maximum absolute atomic E-state index is 13.2. The van der Waals surface area contributed by atoms with Gasteiger partial charge >= 0.3 is 12.4 Å². The van der Waals surface area contributed by atoms with E-state index in [9.17, 15) is 31.4 Å². The van der Waals surface area contributed by atoms with Crippen LogP contribution in [0.3, 0.4) is 0 Å². The highest BCUT2D eigenvalue weighted by molar-refractivity contribution is 5.60. The van der Waals surface area contributed by atoms with Gasteiger partial charge in [0.2, 0.25) is 11.9 Å². The van der Waals surface area contributed by atoms with E-state index in [-0.39, 0.29) is 29.1 Å². The molecular formula is C21H19F6N7O. The van der Waals surface area contributed by atoms with Gasteiger partial charge in [0.1, 0.15) is 17.1 Å². The maximum atomic E-state index is 13.2. The summed E-state index contributed by atoms with van der Waals surface area (Å²) in [6, 6.07) is 4.82. The monoisotopic (exact) mass is 499 g/mol. The van der Waals surface area contributed by atoms with E-state index in [0.29, 0.717) is 13.0 Å². The van der Waals surface area contributed by atoms with Crippen LogP contribution < -0.4 is 10.2 Å². The Hall–Kier alpha value is -3.55. The van der Waals surface area contributed by atoms with Crippen LogP contribution in [0.1, 0.15) is 31.7 Å². The molecule has 1 unspecified atom stereocenters. The number of hydrogen-bond acceptors (Lipinski definition) is 8. The standard InChI is InChI=1S/C21H19F6N7O/c1-19(2,35)15-7-9-34(15)18-32-16(12-4-3-5-13(30-12)20(22,23)24)31-17(33-18)29-11-6-8-28-14(10-11)21(25,26)27/h3-6,8,10,15,35H,7,9H2,1-2H3,(H,28,29,31,32,33). The second-order valence-electron chi connectivity index (χ2n) is 8.39. The Morgan fingerprint density at radius 2 is 1.66 bits per heavy atom. The summed E-state index contributed by atoms with van der Waals surface area (Å²) in [5.74, 6) is -0.416. The average molecular weight is 499 g/mol. The van der Waals surface area contributed by atoms with Gasteiger partial charge < -0.3 is 15.3 Å². The maximum Gasteiger partial charge on any atom is 0.433 e. The Kier molecular flexibility index (Phi) is 6.03. The molecule has 14 heteroatoms. The van der Waals surface area contributed by atoms with Gasteiger partial charge in [-0.1, -0.05) is 6.07 Å². The number of hydrogen-bond donors (Lipinski definition) is 2. The summed E-state index contributed by atoms with van der Waals surface area (Å²) in [7, 11) is 0. The fraction of sp³-hybridized carbons (Fsp3) is 0.381. The number of nitrogens with zero attached hydrogens (tertiary/aromatic N) is 6. The molecule has 1 fully saturated rings. The van der Waals surface area contributed by atoms with E-state index in [4.69, 9.17) is 0 Å². The topological polar surface area (TPSA) is 100.0 Å². The Balaban J connectivity index is 1.77. The molecule has 3 aromatic rings. The van der Waals surface area contributed by atoms with Crippen molar-refractivity contribution in [3.8, 4) is 11.5 Å². The minimum Gasteiger partial charge on any atom is -0.388 e. The molecule has 3 aromatic heterocycles. The second-order valence-corrected chi connectivity index (χ2v) is 8.39. The molecule has 0 spiro atoms. The third-order valence-corrected chi connectivity index (χ3v) is 5.29. The van der Waals surface area contributed by atoms with Crippen molar-refractivity contribution in [1.82, 2.24) is 24.9 Å². The molecule has 4 rings (SSSR count). The summed E-state index contributed by atoms with van der Waals surface area (Å²) in [5, 5.41) is 13.0. The van der Waals surface area contributed by atoms with Crippen molar-refractivity contribution in [1.29, 1.82) is 0 Å². The summed E-state index contributed by atoms with van der Waals surface area (Å²) in [5.41, 5.74) is -3.71. The van der Waals surface area contributed by atoms with E-state index in [1.54, 1.807) is 18.7 Å². The molecule has 0 aliphatic carbocycles. The third kappa shape index (κ3) is 5.42. The van der Waals surface area contributed by atoms with E-state index in [1.165, 1.54) is 12.1 Å². The number of aromatic nitrogens is 5. The number of pyridine rings is 2. The van der Waals surface area contributed by atoms with Crippen molar-refractivity contribution >= 4 is 17.6 Å². The summed E-state index contributed by atoms with van der Waals surface area (Å²) in [6.07, 6.45) is -7.84. The summed E-state index contributed by atoms with van der Waals surface area (Å²) in [6.45, 7) is 3.63. The van der Waals surface area contributed by atoms with Gasteiger partial charge in [-0.15, -0.1) is 0 Å². The molecule has 35 heavy (non-hydrogen) atoms. The SMILES string of the molecule is CC(C)(O)C1CCN1c1nc(Nc2ccnc(C(F)(F)F)c2)nc(-c2cccc(C(F)(F)F)n2)n1.